The first-order valence-corrected chi connectivity index (χ1v) is 10.2. The summed E-state index contributed by atoms with van der Waals surface area (Å²) in [5.74, 6) is 3.61. The van der Waals surface area contributed by atoms with E-state index in [9.17, 15) is 5.11 Å². The standard InChI is InChI=1S/C20H29N7O/c1-14-10-20(24-15(2)23-14)26-8-5-16(6-9-26)25-18-11-19(22-13-21-18)27-7-3-4-17(27)12-28/h10-11,13,16-17,28H,3-9,12H2,1-2H3,(H,21,22,25). The van der Waals surface area contributed by atoms with E-state index in [4.69, 9.17) is 0 Å². The number of aliphatic hydroxyl groups excluding tert-OH is 1. The summed E-state index contributed by atoms with van der Waals surface area (Å²) in [5, 5.41) is 13.1. The monoisotopic (exact) mass is 383 g/mol. The molecule has 2 aliphatic rings. The predicted molar refractivity (Wildman–Crippen MR) is 110 cm³/mol. The van der Waals surface area contributed by atoms with Crippen LogP contribution in [0, 0.1) is 13.8 Å². The topological polar surface area (TPSA) is 90.3 Å². The van der Waals surface area contributed by atoms with Crippen molar-refractivity contribution in [3.05, 3.63) is 30.0 Å². The third-order valence-corrected chi connectivity index (χ3v) is 5.66. The first-order chi connectivity index (χ1) is 13.6. The van der Waals surface area contributed by atoms with Gasteiger partial charge in [0.05, 0.1) is 12.6 Å². The lowest BCUT2D eigenvalue weighted by Crippen LogP contribution is -2.40. The Balaban J connectivity index is 1.37. The molecule has 150 valence electrons. The molecule has 1 atom stereocenters. The lowest BCUT2D eigenvalue weighted by atomic mass is 10.0. The molecule has 2 aromatic rings. The van der Waals surface area contributed by atoms with E-state index in [1.807, 2.05) is 19.9 Å². The zero-order chi connectivity index (χ0) is 19.5. The van der Waals surface area contributed by atoms with Gasteiger partial charge in [0, 0.05) is 43.5 Å². The second kappa shape index (κ2) is 8.26. The number of hydrogen-bond donors (Lipinski definition) is 2. The van der Waals surface area contributed by atoms with E-state index in [2.05, 4.69) is 41.1 Å². The van der Waals surface area contributed by atoms with Crippen molar-refractivity contribution in [1.29, 1.82) is 0 Å². The Morgan fingerprint density at radius 2 is 1.86 bits per heavy atom. The fourth-order valence-corrected chi connectivity index (χ4v) is 4.23. The zero-order valence-electron chi connectivity index (χ0n) is 16.7. The van der Waals surface area contributed by atoms with Gasteiger partial charge in [-0.3, -0.25) is 0 Å². The van der Waals surface area contributed by atoms with E-state index in [1.54, 1.807) is 6.33 Å². The van der Waals surface area contributed by atoms with Crippen LogP contribution in [0.1, 0.15) is 37.2 Å². The maximum atomic E-state index is 9.57. The van der Waals surface area contributed by atoms with Crippen LogP contribution < -0.4 is 15.1 Å². The normalized spacial score (nSPS) is 20.6. The molecule has 2 N–H and O–H groups in total. The van der Waals surface area contributed by atoms with Crippen LogP contribution in [0.5, 0.6) is 0 Å². The molecule has 0 bridgehead atoms. The maximum absolute atomic E-state index is 9.57. The van der Waals surface area contributed by atoms with E-state index in [1.165, 1.54) is 0 Å². The number of anilines is 3. The molecular weight excluding hydrogens is 354 g/mol. The lowest BCUT2D eigenvalue weighted by molar-refractivity contribution is 0.266. The minimum atomic E-state index is 0.172. The Morgan fingerprint density at radius 1 is 1.04 bits per heavy atom. The second-order valence-electron chi connectivity index (χ2n) is 7.75. The molecule has 28 heavy (non-hydrogen) atoms. The van der Waals surface area contributed by atoms with Gasteiger partial charge in [-0.2, -0.15) is 0 Å². The molecule has 0 amide bonds. The van der Waals surface area contributed by atoms with Crippen LogP contribution in [0.25, 0.3) is 0 Å². The molecule has 0 radical (unpaired) electrons. The van der Waals surface area contributed by atoms with Crippen molar-refractivity contribution in [2.45, 2.75) is 51.6 Å². The average molecular weight is 384 g/mol. The van der Waals surface area contributed by atoms with Crippen LogP contribution in [0.4, 0.5) is 17.5 Å². The van der Waals surface area contributed by atoms with Crippen LogP contribution in [-0.4, -0.2) is 63.4 Å². The predicted octanol–water partition coefficient (Wildman–Crippen LogP) is 1.93. The summed E-state index contributed by atoms with van der Waals surface area (Å²) in [6, 6.07) is 4.63. The fourth-order valence-electron chi connectivity index (χ4n) is 4.23. The van der Waals surface area contributed by atoms with Crippen LogP contribution in [0.3, 0.4) is 0 Å². The summed E-state index contributed by atoms with van der Waals surface area (Å²) >= 11 is 0. The van der Waals surface area contributed by atoms with Crippen LogP contribution >= 0.6 is 0 Å². The molecule has 2 fully saturated rings. The number of nitrogens with one attached hydrogen (secondary N) is 1. The third kappa shape index (κ3) is 4.16. The zero-order valence-corrected chi connectivity index (χ0v) is 16.7. The molecule has 8 heteroatoms. The van der Waals surface area contributed by atoms with E-state index in [-0.39, 0.29) is 12.6 Å². The van der Waals surface area contributed by atoms with E-state index in [0.717, 1.165) is 74.3 Å². The van der Waals surface area contributed by atoms with Crippen molar-refractivity contribution < 1.29 is 5.11 Å². The van der Waals surface area contributed by atoms with Crippen LogP contribution in [-0.2, 0) is 0 Å². The summed E-state index contributed by atoms with van der Waals surface area (Å²) < 4.78 is 0. The van der Waals surface area contributed by atoms with E-state index >= 15 is 0 Å². The van der Waals surface area contributed by atoms with Gasteiger partial charge in [-0.15, -0.1) is 0 Å². The van der Waals surface area contributed by atoms with Gasteiger partial charge in [-0.1, -0.05) is 0 Å². The smallest absolute Gasteiger partial charge is 0.134 e. The maximum Gasteiger partial charge on any atom is 0.134 e. The van der Waals surface area contributed by atoms with Crippen molar-refractivity contribution >= 4 is 17.5 Å². The van der Waals surface area contributed by atoms with Gasteiger partial charge in [-0.25, -0.2) is 19.9 Å². The van der Waals surface area contributed by atoms with Crippen molar-refractivity contribution in [2.75, 3.05) is 41.4 Å². The molecule has 2 saturated heterocycles. The average Bonchev–Trinajstić information content (AvgIpc) is 3.17. The Bertz CT molecular complexity index is 787. The Hall–Kier alpha value is -2.48. The van der Waals surface area contributed by atoms with E-state index < -0.39 is 0 Å². The molecular formula is C20H29N7O. The third-order valence-electron chi connectivity index (χ3n) is 5.66. The highest BCUT2D eigenvalue weighted by molar-refractivity contribution is 5.50. The first kappa shape index (κ1) is 18.9. The minimum Gasteiger partial charge on any atom is -0.394 e. The van der Waals surface area contributed by atoms with Crippen molar-refractivity contribution in [1.82, 2.24) is 19.9 Å². The fraction of sp³-hybridized carbons (Fsp3) is 0.600. The van der Waals surface area contributed by atoms with Gasteiger partial charge in [0.15, 0.2) is 0 Å². The number of hydrogen-bond acceptors (Lipinski definition) is 8. The molecule has 0 spiro atoms. The van der Waals surface area contributed by atoms with Gasteiger partial charge in [-0.05, 0) is 39.5 Å². The quantitative estimate of drug-likeness (QED) is 0.809. The highest BCUT2D eigenvalue weighted by Gasteiger charge is 2.26. The van der Waals surface area contributed by atoms with Gasteiger partial charge in [0.1, 0.15) is 29.6 Å². The van der Waals surface area contributed by atoms with Crippen LogP contribution in [0.2, 0.25) is 0 Å². The molecule has 2 aliphatic heterocycles. The summed E-state index contributed by atoms with van der Waals surface area (Å²) in [4.78, 5) is 22.3. The van der Waals surface area contributed by atoms with Crippen molar-refractivity contribution in [3.63, 3.8) is 0 Å². The molecule has 4 rings (SSSR count). The van der Waals surface area contributed by atoms with Crippen LogP contribution in [0.15, 0.2) is 18.5 Å². The highest BCUT2D eigenvalue weighted by Crippen LogP contribution is 2.26. The number of aromatic nitrogens is 4. The molecule has 0 saturated carbocycles. The minimum absolute atomic E-state index is 0.172. The molecule has 4 heterocycles. The highest BCUT2D eigenvalue weighted by atomic mass is 16.3. The number of nitrogens with zero attached hydrogens (tertiary/aromatic N) is 6. The molecule has 2 aromatic heterocycles. The Morgan fingerprint density at radius 3 is 2.61 bits per heavy atom. The number of aryl methyl sites for hydroxylation is 2. The molecule has 0 aliphatic carbocycles. The number of aliphatic hydroxyl groups is 1. The number of rotatable bonds is 5. The lowest BCUT2D eigenvalue weighted by Gasteiger charge is -2.33. The van der Waals surface area contributed by atoms with Crippen molar-refractivity contribution in [3.8, 4) is 0 Å². The molecule has 0 aromatic carbocycles. The number of piperidine rings is 1. The molecule has 8 nitrogen and oxygen atoms in total. The summed E-state index contributed by atoms with van der Waals surface area (Å²) in [5.41, 5.74) is 1.01. The summed E-state index contributed by atoms with van der Waals surface area (Å²) in [6.07, 6.45) is 5.79. The summed E-state index contributed by atoms with van der Waals surface area (Å²) in [6.45, 7) is 7.00. The Labute approximate surface area is 166 Å². The van der Waals surface area contributed by atoms with Gasteiger partial charge < -0.3 is 20.2 Å². The Kier molecular flexibility index (Phi) is 5.57. The van der Waals surface area contributed by atoms with Crippen molar-refractivity contribution in [2.24, 2.45) is 0 Å². The molecule has 1 unspecified atom stereocenters. The van der Waals surface area contributed by atoms with Gasteiger partial charge in [0.25, 0.3) is 0 Å². The second-order valence-corrected chi connectivity index (χ2v) is 7.75. The first-order valence-electron chi connectivity index (χ1n) is 10.2. The SMILES string of the molecule is Cc1cc(N2CCC(Nc3cc(N4CCCC4CO)ncn3)CC2)nc(C)n1. The largest absolute Gasteiger partial charge is 0.394 e. The van der Waals surface area contributed by atoms with E-state index in [0.29, 0.717) is 6.04 Å². The summed E-state index contributed by atoms with van der Waals surface area (Å²) in [7, 11) is 0. The van der Waals surface area contributed by atoms with Gasteiger partial charge >= 0.3 is 0 Å². The van der Waals surface area contributed by atoms with Gasteiger partial charge in [0.2, 0.25) is 0 Å².